The predicted molar refractivity (Wildman–Crippen MR) is 105 cm³/mol. The lowest BCUT2D eigenvalue weighted by Gasteiger charge is -2.10. The Balaban J connectivity index is 2.44. The summed E-state index contributed by atoms with van der Waals surface area (Å²) in [7, 11) is -4.62. The number of hydrogen-bond acceptors (Lipinski definition) is 7. The highest BCUT2D eigenvalue weighted by Crippen LogP contribution is 2.29. The fourth-order valence-corrected chi connectivity index (χ4v) is 2.89. The summed E-state index contributed by atoms with van der Waals surface area (Å²) in [4.78, 5) is 10.6. The molecule has 0 saturated carbocycles. The molecule has 11 heteroatoms. The fourth-order valence-electron chi connectivity index (χ4n) is 2.22. The number of rotatable bonds is 6. The quantitative estimate of drug-likeness (QED) is 0.212. The number of anilines is 2. The van der Waals surface area contributed by atoms with Crippen molar-refractivity contribution in [3.05, 3.63) is 42.5 Å². The van der Waals surface area contributed by atoms with Crippen LogP contribution >= 0.6 is 0 Å². The fraction of sp³-hybridized carbons (Fsp3) is 0.0588. The molecule has 0 aliphatic carbocycles. The Kier molecular flexibility index (Phi) is 6.09. The van der Waals surface area contributed by atoms with Crippen LogP contribution in [0, 0.1) is 16.7 Å². The molecule has 6 N–H and O–H groups in total. The van der Waals surface area contributed by atoms with Crippen LogP contribution in [0.1, 0.15) is 6.92 Å². The molecule has 2 aromatic rings. The van der Waals surface area contributed by atoms with E-state index >= 15 is 0 Å². The Morgan fingerprint density at radius 1 is 1.21 bits per heavy atom. The van der Waals surface area contributed by atoms with Gasteiger partial charge in [0.2, 0.25) is 11.6 Å². The van der Waals surface area contributed by atoms with Gasteiger partial charge in [-0.05, 0) is 35.4 Å². The number of nitrogens with zero attached hydrogens (tertiary/aromatic N) is 2. The van der Waals surface area contributed by atoms with Gasteiger partial charge in [-0.2, -0.15) is 18.8 Å². The molecule has 0 unspecified atom stereocenters. The van der Waals surface area contributed by atoms with Crippen molar-refractivity contribution in [1.29, 1.82) is 10.7 Å². The minimum absolute atomic E-state index is 0.102. The highest BCUT2D eigenvalue weighted by atomic mass is 32.2. The maximum absolute atomic E-state index is 11.7. The maximum atomic E-state index is 11.7. The normalized spacial score (nSPS) is 11.4. The van der Waals surface area contributed by atoms with Crippen LogP contribution < -0.4 is 16.5 Å². The zero-order valence-electron chi connectivity index (χ0n) is 14.6. The third-order valence-corrected chi connectivity index (χ3v) is 4.34. The van der Waals surface area contributed by atoms with Crippen LogP contribution in [0.3, 0.4) is 0 Å². The maximum Gasteiger partial charge on any atom is 0.296 e. The van der Waals surface area contributed by atoms with Gasteiger partial charge in [-0.3, -0.25) is 20.2 Å². The van der Waals surface area contributed by atoms with Gasteiger partial charge in [0.15, 0.2) is 5.84 Å². The van der Waals surface area contributed by atoms with Crippen LogP contribution in [-0.4, -0.2) is 30.4 Å². The average Bonchev–Trinajstić information content (AvgIpc) is 2.61. The summed E-state index contributed by atoms with van der Waals surface area (Å²) in [5.41, 5.74) is 8.63. The minimum atomic E-state index is -4.62. The number of benzene rings is 2. The average molecular weight is 400 g/mol. The smallest absolute Gasteiger partial charge is 0.296 e. The van der Waals surface area contributed by atoms with E-state index in [1.807, 2.05) is 0 Å². The van der Waals surface area contributed by atoms with Gasteiger partial charge in [-0.25, -0.2) is 0 Å². The summed E-state index contributed by atoms with van der Waals surface area (Å²) in [5, 5.41) is 22.2. The van der Waals surface area contributed by atoms with E-state index in [1.54, 1.807) is 36.4 Å². The number of carbonyl (C=O) groups excluding carboxylic acids is 1. The van der Waals surface area contributed by atoms with Crippen LogP contribution in [0.25, 0.3) is 11.1 Å². The first-order valence-corrected chi connectivity index (χ1v) is 9.13. The lowest BCUT2D eigenvalue weighted by atomic mass is 10.0. The lowest BCUT2D eigenvalue weighted by Crippen LogP contribution is -2.22. The van der Waals surface area contributed by atoms with Crippen molar-refractivity contribution < 1.29 is 17.8 Å². The number of hydrazone groups is 1. The second kappa shape index (κ2) is 8.30. The van der Waals surface area contributed by atoms with E-state index in [0.717, 1.165) is 0 Å². The third kappa shape index (κ3) is 5.13. The van der Waals surface area contributed by atoms with Crippen molar-refractivity contribution in [2.75, 3.05) is 10.7 Å². The van der Waals surface area contributed by atoms with Crippen molar-refractivity contribution in [2.45, 2.75) is 11.8 Å². The summed E-state index contributed by atoms with van der Waals surface area (Å²) in [5.74, 6) is -0.820. The molecule has 0 radical (unpaired) electrons. The second-order valence-corrected chi connectivity index (χ2v) is 6.93. The van der Waals surface area contributed by atoms with Crippen LogP contribution in [0.2, 0.25) is 0 Å². The first-order chi connectivity index (χ1) is 13.1. The number of carbonyl (C=O) groups is 1. The first-order valence-electron chi connectivity index (χ1n) is 7.69. The molecule has 2 rings (SSSR count). The highest BCUT2D eigenvalue weighted by Gasteiger charge is 2.17. The molecule has 0 aromatic heterocycles. The summed E-state index contributed by atoms with van der Waals surface area (Å²) >= 11 is 0. The summed E-state index contributed by atoms with van der Waals surface area (Å²) in [6.45, 7) is 1.38. The molecule has 1 amide bonds. The topological polar surface area (TPSA) is 182 Å². The molecular weight excluding hydrogens is 384 g/mol. The van der Waals surface area contributed by atoms with Gasteiger partial charge < -0.3 is 11.1 Å². The van der Waals surface area contributed by atoms with E-state index < -0.39 is 26.6 Å². The largest absolute Gasteiger partial charge is 0.382 e. The highest BCUT2D eigenvalue weighted by molar-refractivity contribution is 7.86. The zero-order valence-corrected chi connectivity index (χ0v) is 15.4. The molecule has 28 heavy (non-hydrogen) atoms. The van der Waals surface area contributed by atoms with Crippen molar-refractivity contribution in [2.24, 2.45) is 10.8 Å². The van der Waals surface area contributed by atoms with E-state index in [2.05, 4.69) is 15.8 Å². The van der Waals surface area contributed by atoms with Gasteiger partial charge >= 0.3 is 0 Å². The molecule has 0 atom stereocenters. The standard InChI is InChI=1S/C17H16N6O4S/c1-10(24)21-13-5-2-11(3-6-13)12-4-7-14(16(8-12)28(25,26)27)22-23-15(9-18)17(19)20/h2-8,22H,1H3,(H3,19,20)(H,21,24)(H,25,26,27)/b23-15+. The number of nitrogens with one attached hydrogen (secondary N) is 3. The van der Waals surface area contributed by atoms with Crippen molar-refractivity contribution in [1.82, 2.24) is 0 Å². The predicted octanol–water partition coefficient (Wildman–Crippen LogP) is 1.79. The van der Waals surface area contributed by atoms with Crippen LogP contribution in [0.5, 0.6) is 0 Å². The molecule has 144 valence electrons. The molecule has 10 nitrogen and oxygen atoms in total. The van der Waals surface area contributed by atoms with Gasteiger partial charge in [-0.1, -0.05) is 18.2 Å². The molecule has 0 heterocycles. The number of nitriles is 1. The van der Waals surface area contributed by atoms with E-state index in [0.29, 0.717) is 16.8 Å². The Morgan fingerprint density at radius 3 is 2.32 bits per heavy atom. The summed E-state index contributed by atoms with van der Waals surface area (Å²) in [6.07, 6.45) is 0. The second-order valence-electron chi connectivity index (χ2n) is 5.54. The van der Waals surface area contributed by atoms with Crippen LogP contribution in [0.15, 0.2) is 52.5 Å². The molecule has 0 aliphatic rings. The lowest BCUT2D eigenvalue weighted by molar-refractivity contribution is -0.114. The Labute approximate surface area is 160 Å². The number of amides is 1. The zero-order chi connectivity index (χ0) is 20.9. The van der Waals surface area contributed by atoms with Crippen molar-refractivity contribution in [3.8, 4) is 17.2 Å². The molecule has 0 spiro atoms. The van der Waals surface area contributed by atoms with Crippen molar-refractivity contribution >= 4 is 38.9 Å². The first kappa shape index (κ1) is 20.6. The van der Waals surface area contributed by atoms with Crippen LogP contribution in [-0.2, 0) is 14.9 Å². The molecule has 0 saturated heterocycles. The Hall–Kier alpha value is -3.75. The van der Waals surface area contributed by atoms with E-state index in [9.17, 15) is 17.8 Å². The SMILES string of the molecule is CC(=O)Nc1ccc(-c2ccc(N/N=C(\C#N)C(=N)N)c(S(=O)(=O)O)c2)cc1. The van der Waals surface area contributed by atoms with Gasteiger partial charge in [0.05, 0.1) is 5.69 Å². The monoisotopic (exact) mass is 400 g/mol. The van der Waals surface area contributed by atoms with Gasteiger partial charge in [-0.15, -0.1) is 0 Å². The number of amidine groups is 1. The molecule has 0 aliphatic heterocycles. The van der Waals surface area contributed by atoms with Gasteiger partial charge in [0.25, 0.3) is 10.1 Å². The number of nitrogens with two attached hydrogens (primary N) is 1. The van der Waals surface area contributed by atoms with Crippen molar-refractivity contribution in [3.63, 3.8) is 0 Å². The van der Waals surface area contributed by atoms with Crippen LogP contribution in [0.4, 0.5) is 11.4 Å². The van der Waals surface area contributed by atoms with Gasteiger partial charge in [0.1, 0.15) is 11.0 Å². The summed E-state index contributed by atoms with van der Waals surface area (Å²) < 4.78 is 33.0. The Morgan fingerprint density at radius 2 is 1.82 bits per heavy atom. The molecule has 0 fully saturated rings. The van der Waals surface area contributed by atoms with E-state index in [-0.39, 0.29) is 11.6 Å². The third-order valence-electron chi connectivity index (χ3n) is 3.45. The number of hydrogen-bond donors (Lipinski definition) is 5. The molecule has 0 bridgehead atoms. The van der Waals surface area contributed by atoms with E-state index in [4.69, 9.17) is 16.4 Å². The van der Waals surface area contributed by atoms with E-state index in [1.165, 1.54) is 19.1 Å². The summed E-state index contributed by atoms with van der Waals surface area (Å²) in [6, 6.07) is 12.3. The molecular formula is C17H16N6O4S. The van der Waals surface area contributed by atoms with Gasteiger partial charge in [0, 0.05) is 12.6 Å². The Bertz CT molecular complexity index is 1100. The minimum Gasteiger partial charge on any atom is -0.382 e. The molecule has 2 aromatic carbocycles.